The summed E-state index contributed by atoms with van der Waals surface area (Å²) in [4.78, 5) is 22.9. The molecule has 1 aliphatic rings. The Morgan fingerprint density at radius 3 is 2.65 bits per heavy atom. The number of hydrogen-bond donors (Lipinski definition) is 1. The Morgan fingerprint density at radius 1 is 1.12 bits per heavy atom. The summed E-state index contributed by atoms with van der Waals surface area (Å²) >= 11 is 0. The van der Waals surface area contributed by atoms with Crippen molar-refractivity contribution < 1.29 is 9.32 Å². The molecular weight excluding hydrogens is 330 g/mol. The molecule has 1 saturated heterocycles. The van der Waals surface area contributed by atoms with E-state index in [1.54, 1.807) is 6.20 Å². The van der Waals surface area contributed by atoms with Crippen LogP contribution >= 0.6 is 0 Å². The molecule has 1 aliphatic heterocycles. The number of aromatic nitrogens is 3. The van der Waals surface area contributed by atoms with E-state index in [4.69, 9.17) is 4.52 Å². The first-order valence-electron chi connectivity index (χ1n) is 8.67. The quantitative estimate of drug-likeness (QED) is 0.762. The molecule has 132 valence electrons. The number of amides is 1. The number of carbonyl (C=O) groups excluding carboxylic acids is 1. The maximum absolute atomic E-state index is 12.1. The van der Waals surface area contributed by atoms with Gasteiger partial charge >= 0.3 is 11.8 Å². The topological polar surface area (TPSA) is 84.2 Å². The summed E-state index contributed by atoms with van der Waals surface area (Å²) < 4.78 is 5.10. The van der Waals surface area contributed by atoms with Crippen LogP contribution in [0.3, 0.4) is 0 Å². The van der Waals surface area contributed by atoms with Gasteiger partial charge in [0.05, 0.1) is 12.2 Å². The maximum Gasteiger partial charge on any atom is 0.316 e. The molecule has 0 aliphatic carbocycles. The Hall–Kier alpha value is -3.22. The standard InChI is InChI=1S/C19H19N5O2/c25-18(21-13-15-5-1-2-10-20-15)19-22-17(23-26-19)14-6-8-16(9-7-14)24-11-3-4-12-24/h1-2,5-10H,3-4,11-13H2,(H,21,25). The summed E-state index contributed by atoms with van der Waals surface area (Å²) in [6.07, 6.45) is 4.16. The molecule has 1 aromatic carbocycles. The molecule has 2 aromatic heterocycles. The molecule has 0 spiro atoms. The summed E-state index contributed by atoms with van der Waals surface area (Å²) in [7, 11) is 0. The van der Waals surface area contributed by atoms with Crippen LogP contribution in [0.1, 0.15) is 29.2 Å². The summed E-state index contributed by atoms with van der Waals surface area (Å²) in [5.74, 6) is -0.0661. The van der Waals surface area contributed by atoms with Crippen LogP contribution in [0.5, 0.6) is 0 Å². The predicted octanol–water partition coefficient (Wildman–Crippen LogP) is 2.66. The number of carbonyl (C=O) groups is 1. The second-order valence-electron chi connectivity index (χ2n) is 6.17. The van der Waals surface area contributed by atoms with Crippen molar-refractivity contribution in [3.05, 3.63) is 60.2 Å². The van der Waals surface area contributed by atoms with E-state index in [0.29, 0.717) is 12.4 Å². The van der Waals surface area contributed by atoms with Gasteiger partial charge in [-0.3, -0.25) is 9.78 Å². The molecule has 3 aromatic rings. The molecule has 0 saturated carbocycles. The van der Waals surface area contributed by atoms with Crippen molar-refractivity contribution in [2.45, 2.75) is 19.4 Å². The van der Waals surface area contributed by atoms with Crippen LogP contribution in [0.15, 0.2) is 53.2 Å². The summed E-state index contributed by atoms with van der Waals surface area (Å²) in [6.45, 7) is 2.51. The number of anilines is 1. The van der Waals surface area contributed by atoms with Crippen LogP contribution in [-0.2, 0) is 6.54 Å². The largest absolute Gasteiger partial charge is 0.372 e. The van der Waals surface area contributed by atoms with E-state index >= 15 is 0 Å². The second kappa shape index (κ2) is 7.35. The number of nitrogens with zero attached hydrogens (tertiary/aromatic N) is 4. The van der Waals surface area contributed by atoms with Crippen molar-refractivity contribution >= 4 is 11.6 Å². The number of hydrogen-bond acceptors (Lipinski definition) is 6. The molecule has 0 unspecified atom stereocenters. The van der Waals surface area contributed by atoms with Crippen LogP contribution in [0.25, 0.3) is 11.4 Å². The number of nitrogens with one attached hydrogen (secondary N) is 1. The van der Waals surface area contributed by atoms with E-state index in [-0.39, 0.29) is 5.89 Å². The SMILES string of the molecule is O=C(NCc1ccccn1)c1nc(-c2ccc(N3CCCC3)cc2)no1. The highest BCUT2D eigenvalue weighted by atomic mass is 16.5. The highest BCUT2D eigenvalue weighted by Gasteiger charge is 2.17. The summed E-state index contributed by atoms with van der Waals surface area (Å²) in [5, 5.41) is 6.64. The first-order chi connectivity index (χ1) is 12.8. The smallest absolute Gasteiger partial charge is 0.316 e. The second-order valence-corrected chi connectivity index (χ2v) is 6.17. The molecule has 7 heteroatoms. The molecule has 26 heavy (non-hydrogen) atoms. The van der Waals surface area contributed by atoms with E-state index in [1.807, 2.05) is 30.3 Å². The van der Waals surface area contributed by atoms with Crippen LogP contribution in [0, 0.1) is 0 Å². The lowest BCUT2D eigenvalue weighted by Gasteiger charge is -2.17. The Labute approximate surface area is 151 Å². The lowest BCUT2D eigenvalue weighted by molar-refractivity contribution is 0.0906. The first kappa shape index (κ1) is 16.3. The minimum atomic E-state index is -0.414. The third-order valence-corrected chi connectivity index (χ3v) is 4.37. The molecule has 0 bridgehead atoms. The Kier molecular flexibility index (Phi) is 4.59. The van der Waals surface area contributed by atoms with Crippen molar-refractivity contribution in [1.29, 1.82) is 0 Å². The molecule has 0 radical (unpaired) electrons. The number of pyridine rings is 1. The van der Waals surface area contributed by atoms with E-state index in [9.17, 15) is 4.79 Å². The first-order valence-corrected chi connectivity index (χ1v) is 8.67. The lowest BCUT2D eigenvalue weighted by atomic mass is 10.2. The average Bonchev–Trinajstić information content (AvgIpc) is 3.39. The van der Waals surface area contributed by atoms with Gasteiger partial charge in [-0.1, -0.05) is 11.2 Å². The van der Waals surface area contributed by atoms with Gasteiger partial charge in [-0.15, -0.1) is 0 Å². The molecule has 3 heterocycles. The van der Waals surface area contributed by atoms with Crippen molar-refractivity contribution in [2.24, 2.45) is 0 Å². The zero-order chi connectivity index (χ0) is 17.8. The van der Waals surface area contributed by atoms with Crippen molar-refractivity contribution in [2.75, 3.05) is 18.0 Å². The zero-order valence-electron chi connectivity index (χ0n) is 14.3. The fraction of sp³-hybridized carbons (Fsp3) is 0.263. The third-order valence-electron chi connectivity index (χ3n) is 4.37. The highest BCUT2D eigenvalue weighted by molar-refractivity contribution is 5.89. The van der Waals surface area contributed by atoms with Gasteiger partial charge in [0.15, 0.2) is 0 Å². The maximum atomic E-state index is 12.1. The minimum absolute atomic E-state index is 0.0560. The Balaban J connectivity index is 1.41. The number of rotatable bonds is 5. The predicted molar refractivity (Wildman–Crippen MR) is 96.6 cm³/mol. The van der Waals surface area contributed by atoms with Crippen LogP contribution in [0.4, 0.5) is 5.69 Å². The van der Waals surface area contributed by atoms with E-state index in [1.165, 1.54) is 18.5 Å². The van der Waals surface area contributed by atoms with Gasteiger partial charge in [0.1, 0.15) is 0 Å². The highest BCUT2D eigenvalue weighted by Crippen LogP contribution is 2.23. The van der Waals surface area contributed by atoms with Crippen molar-refractivity contribution in [3.63, 3.8) is 0 Å². The van der Waals surface area contributed by atoms with Crippen LogP contribution in [0.2, 0.25) is 0 Å². The normalized spacial score (nSPS) is 13.8. The van der Waals surface area contributed by atoms with Gasteiger partial charge in [0.25, 0.3) is 0 Å². The van der Waals surface area contributed by atoms with Crippen LogP contribution in [-0.4, -0.2) is 34.1 Å². The Bertz CT molecular complexity index is 870. The fourth-order valence-electron chi connectivity index (χ4n) is 2.98. The molecule has 1 amide bonds. The third kappa shape index (κ3) is 3.56. The van der Waals surface area contributed by atoms with Gasteiger partial charge in [-0.05, 0) is 49.2 Å². The zero-order valence-corrected chi connectivity index (χ0v) is 14.3. The Morgan fingerprint density at radius 2 is 1.92 bits per heavy atom. The fourth-order valence-corrected chi connectivity index (χ4v) is 2.98. The van der Waals surface area contributed by atoms with Gasteiger partial charge in [-0.2, -0.15) is 4.98 Å². The van der Waals surface area contributed by atoms with Gasteiger partial charge < -0.3 is 14.7 Å². The van der Waals surface area contributed by atoms with E-state index in [2.05, 4.69) is 37.5 Å². The minimum Gasteiger partial charge on any atom is -0.372 e. The van der Waals surface area contributed by atoms with Crippen molar-refractivity contribution in [1.82, 2.24) is 20.4 Å². The van der Waals surface area contributed by atoms with Crippen LogP contribution < -0.4 is 10.2 Å². The molecule has 7 nitrogen and oxygen atoms in total. The van der Waals surface area contributed by atoms with Gasteiger partial charge in [-0.25, -0.2) is 0 Å². The monoisotopic (exact) mass is 349 g/mol. The molecule has 1 fully saturated rings. The van der Waals surface area contributed by atoms with Gasteiger partial charge in [0, 0.05) is 30.5 Å². The molecule has 1 N–H and O–H groups in total. The molecular formula is C19H19N5O2. The van der Waals surface area contributed by atoms with E-state index < -0.39 is 5.91 Å². The number of benzene rings is 1. The summed E-state index contributed by atoms with van der Waals surface area (Å²) in [5.41, 5.74) is 2.78. The van der Waals surface area contributed by atoms with Gasteiger partial charge in [0.2, 0.25) is 5.82 Å². The molecule has 0 atom stereocenters. The lowest BCUT2D eigenvalue weighted by Crippen LogP contribution is -2.23. The molecule has 4 rings (SSSR count). The average molecular weight is 349 g/mol. The van der Waals surface area contributed by atoms with E-state index in [0.717, 1.165) is 24.3 Å². The summed E-state index contributed by atoms with van der Waals surface area (Å²) in [6, 6.07) is 13.5. The van der Waals surface area contributed by atoms with Crippen molar-refractivity contribution in [3.8, 4) is 11.4 Å².